The van der Waals surface area contributed by atoms with Gasteiger partial charge in [-0.25, -0.2) is 0 Å². The van der Waals surface area contributed by atoms with Crippen molar-refractivity contribution in [3.63, 3.8) is 0 Å². The van der Waals surface area contributed by atoms with Gasteiger partial charge in [0.1, 0.15) is 0 Å². The summed E-state index contributed by atoms with van der Waals surface area (Å²) in [5.41, 5.74) is 1.25. The number of allylic oxidation sites excluding steroid dienone is 2. The number of hydrogen-bond donors (Lipinski definition) is 0. The first-order chi connectivity index (χ1) is 9.33. The lowest BCUT2D eigenvalue weighted by atomic mass is 10.2. The molecule has 1 nitrogen and oxygen atoms in total. The van der Waals surface area contributed by atoms with E-state index < -0.39 is 8.32 Å². The smallest absolute Gasteiger partial charge is 0.192 e. The van der Waals surface area contributed by atoms with Crippen LogP contribution >= 0.6 is 0 Å². The van der Waals surface area contributed by atoms with Crippen molar-refractivity contribution in [3.05, 3.63) is 54.1 Å². The molecular formula is C18H28OSi. The summed E-state index contributed by atoms with van der Waals surface area (Å²) < 4.78 is 6.09. The summed E-state index contributed by atoms with van der Waals surface area (Å²) in [6, 6.07) is 10.4. The first kappa shape index (κ1) is 16.9. The molecule has 0 saturated heterocycles. The first-order valence-corrected chi connectivity index (χ1v) is 10.2. The zero-order valence-corrected chi connectivity index (χ0v) is 14.5. The van der Waals surface area contributed by atoms with Crippen LogP contribution in [-0.4, -0.2) is 14.9 Å². The van der Waals surface area contributed by atoms with Crippen molar-refractivity contribution in [1.82, 2.24) is 0 Å². The maximum absolute atomic E-state index is 6.09. The highest BCUT2D eigenvalue weighted by atomic mass is 28.4. The maximum atomic E-state index is 6.09. The molecule has 20 heavy (non-hydrogen) atoms. The van der Waals surface area contributed by atoms with Crippen LogP contribution in [0.4, 0.5) is 0 Å². The second kappa shape index (κ2) is 7.60. The van der Waals surface area contributed by atoms with Crippen LogP contribution in [0.5, 0.6) is 0 Å². The van der Waals surface area contributed by atoms with Gasteiger partial charge in [-0.05, 0) is 30.1 Å². The summed E-state index contributed by atoms with van der Waals surface area (Å²) in [6.07, 6.45) is 9.59. The molecule has 0 aliphatic rings. The third-order valence-corrected chi connectivity index (χ3v) is 8.40. The predicted octanol–water partition coefficient (Wildman–Crippen LogP) is 5.67. The highest BCUT2D eigenvalue weighted by Gasteiger charge is 2.36. The second-order valence-electron chi connectivity index (χ2n) is 6.59. The molecule has 0 spiro atoms. The van der Waals surface area contributed by atoms with E-state index in [2.05, 4.69) is 82.4 Å². The molecule has 0 aliphatic heterocycles. The van der Waals surface area contributed by atoms with Gasteiger partial charge in [0.25, 0.3) is 0 Å². The minimum atomic E-state index is -1.60. The monoisotopic (exact) mass is 288 g/mol. The molecule has 0 heterocycles. The Morgan fingerprint density at radius 1 is 1.00 bits per heavy atom. The van der Waals surface area contributed by atoms with Crippen LogP contribution in [0.3, 0.4) is 0 Å². The molecule has 0 saturated carbocycles. The van der Waals surface area contributed by atoms with E-state index in [-0.39, 0.29) is 5.04 Å². The first-order valence-electron chi connectivity index (χ1n) is 7.33. The van der Waals surface area contributed by atoms with E-state index in [0.717, 1.165) is 13.0 Å². The molecule has 0 aromatic heterocycles. The van der Waals surface area contributed by atoms with Gasteiger partial charge in [0.05, 0.1) is 6.61 Å². The van der Waals surface area contributed by atoms with Crippen LogP contribution in [0.15, 0.2) is 48.6 Å². The van der Waals surface area contributed by atoms with Crippen molar-refractivity contribution >= 4 is 14.4 Å². The van der Waals surface area contributed by atoms with E-state index in [1.54, 1.807) is 0 Å². The molecule has 2 heteroatoms. The third kappa shape index (κ3) is 5.89. The average molecular weight is 289 g/mol. The predicted molar refractivity (Wildman–Crippen MR) is 92.4 cm³/mol. The molecule has 0 atom stereocenters. The Labute approximate surface area is 125 Å². The average Bonchev–Trinajstić information content (AvgIpc) is 2.37. The minimum absolute atomic E-state index is 0.286. The van der Waals surface area contributed by atoms with Gasteiger partial charge >= 0.3 is 0 Å². The van der Waals surface area contributed by atoms with Crippen molar-refractivity contribution in [2.24, 2.45) is 0 Å². The standard InChI is InChI=1S/C18H28OSi/c1-18(2,3)20(4,5)19-16-12-7-6-9-13-17-14-10-8-11-15-17/h7-15H,6,16H2,1-5H3/b12-7+,13-9+. The molecule has 1 aromatic carbocycles. The Morgan fingerprint density at radius 2 is 1.65 bits per heavy atom. The van der Waals surface area contributed by atoms with E-state index in [4.69, 9.17) is 4.43 Å². The van der Waals surface area contributed by atoms with E-state index in [1.165, 1.54) is 5.56 Å². The van der Waals surface area contributed by atoms with Crippen LogP contribution in [-0.2, 0) is 4.43 Å². The van der Waals surface area contributed by atoms with Crippen molar-refractivity contribution in [1.29, 1.82) is 0 Å². The van der Waals surface area contributed by atoms with E-state index in [0.29, 0.717) is 0 Å². The fourth-order valence-electron chi connectivity index (χ4n) is 1.48. The number of rotatable bonds is 6. The topological polar surface area (TPSA) is 9.23 Å². The van der Waals surface area contributed by atoms with Crippen LogP contribution in [0, 0.1) is 0 Å². The van der Waals surface area contributed by atoms with Gasteiger partial charge in [-0.15, -0.1) is 0 Å². The molecule has 0 unspecified atom stereocenters. The zero-order valence-electron chi connectivity index (χ0n) is 13.5. The van der Waals surface area contributed by atoms with Gasteiger partial charge in [0.15, 0.2) is 8.32 Å². The van der Waals surface area contributed by atoms with Gasteiger partial charge in [0, 0.05) is 0 Å². The van der Waals surface area contributed by atoms with Crippen molar-refractivity contribution in [2.75, 3.05) is 6.61 Å². The lowest BCUT2D eigenvalue weighted by Crippen LogP contribution is -2.40. The second-order valence-corrected chi connectivity index (χ2v) is 11.4. The normalized spacial score (nSPS) is 13.4. The molecular weight excluding hydrogens is 260 g/mol. The summed E-state index contributed by atoms with van der Waals surface area (Å²) in [7, 11) is -1.60. The molecule has 0 bridgehead atoms. The fraction of sp³-hybridized carbons (Fsp3) is 0.444. The third-order valence-electron chi connectivity index (χ3n) is 3.90. The Kier molecular flexibility index (Phi) is 6.44. The molecule has 1 rings (SSSR count). The maximum Gasteiger partial charge on any atom is 0.192 e. The molecule has 0 fully saturated rings. The van der Waals surface area contributed by atoms with Gasteiger partial charge < -0.3 is 4.43 Å². The van der Waals surface area contributed by atoms with E-state index >= 15 is 0 Å². The number of benzene rings is 1. The Balaban J connectivity index is 2.28. The summed E-state index contributed by atoms with van der Waals surface area (Å²) in [5, 5.41) is 0.286. The molecule has 0 N–H and O–H groups in total. The van der Waals surface area contributed by atoms with Gasteiger partial charge in [-0.2, -0.15) is 0 Å². The summed E-state index contributed by atoms with van der Waals surface area (Å²) in [6.45, 7) is 12.1. The minimum Gasteiger partial charge on any atom is -0.413 e. The lowest BCUT2D eigenvalue weighted by Gasteiger charge is -2.35. The Hall–Kier alpha value is -1.12. The summed E-state index contributed by atoms with van der Waals surface area (Å²) >= 11 is 0. The molecule has 110 valence electrons. The number of hydrogen-bond acceptors (Lipinski definition) is 1. The Bertz CT molecular complexity index is 438. The SMILES string of the molecule is CC(C)(C)[Si](C)(C)OC/C=C/C/C=C/c1ccccc1. The zero-order chi connectivity index (χ0) is 15.1. The van der Waals surface area contributed by atoms with Crippen LogP contribution in [0.2, 0.25) is 18.1 Å². The van der Waals surface area contributed by atoms with E-state index in [1.807, 2.05) is 6.07 Å². The Morgan fingerprint density at radius 3 is 2.25 bits per heavy atom. The quantitative estimate of drug-likeness (QED) is 0.484. The highest BCUT2D eigenvalue weighted by molar-refractivity contribution is 6.74. The van der Waals surface area contributed by atoms with Gasteiger partial charge in [-0.3, -0.25) is 0 Å². The summed E-state index contributed by atoms with van der Waals surface area (Å²) in [5.74, 6) is 0. The molecule has 0 amide bonds. The fourth-order valence-corrected chi connectivity index (χ4v) is 2.43. The molecule has 0 radical (unpaired) electrons. The largest absolute Gasteiger partial charge is 0.413 e. The van der Waals surface area contributed by atoms with Crippen molar-refractivity contribution < 1.29 is 4.43 Å². The lowest BCUT2D eigenvalue weighted by molar-refractivity contribution is 0.328. The van der Waals surface area contributed by atoms with Crippen LogP contribution < -0.4 is 0 Å². The van der Waals surface area contributed by atoms with Crippen LogP contribution in [0.25, 0.3) is 6.08 Å². The molecule has 1 aromatic rings. The highest BCUT2D eigenvalue weighted by Crippen LogP contribution is 2.36. The summed E-state index contributed by atoms with van der Waals surface area (Å²) in [4.78, 5) is 0. The molecule has 0 aliphatic carbocycles. The van der Waals surface area contributed by atoms with Gasteiger partial charge in [-0.1, -0.05) is 75.4 Å². The van der Waals surface area contributed by atoms with Crippen molar-refractivity contribution in [3.8, 4) is 0 Å². The van der Waals surface area contributed by atoms with E-state index in [9.17, 15) is 0 Å². The van der Waals surface area contributed by atoms with Gasteiger partial charge in [0.2, 0.25) is 0 Å². The van der Waals surface area contributed by atoms with Crippen LogP contribution in [0.1, 0.15) is 32.8 Å². The van der Waals surface area contributed by atoms with Crippen molar-refractivity contribution in [2.45, 2.75) is 45.3 Å².